The predicted molar refractivity (Wildman–Crippen MR) is 108 cm³/mol. The highest BCUT2D eigenvalue weighted by Gasteiger charge is 2.23. The SMILES string of the molecule is COc1cc(-c2c[nH]c(=O)c(NC3CCCN(C(=O)/C=C/CN)C3)c2)ccn1. The van der Waals surface area contributed by atoms with Crippen molar-refractivity contribution in [2.24, 2.45) is 5.73 Å². The van der Waals surface area contributed by atoms with Crippen LogP contribution in [0.2, 0.25) is 0 Å². The lowest BCUT2D eigenvalue weighted by molar-refractivity contribution is -0.127. The molecule has 1 aliphatic heterocycles. The van der Waals surface area contributed by atoms with Crippen LogP contribution in [0.4, 0.5) is 5.69 Å². The average molecular weight is 383 g/mol. The van der Waals surface area contributed by atoms with E-state index in [1.54, 1.807) is 30.5 Å². The zero-order valence-electron chi connectivity index (χ0n) is 15.9. The Morgan fingerprint density at radius 3 is 3.11 bits per heavy atom. The number of ether oxygens (including phenoxy) is 1. The Morgan fingerprint density at radius 1 is 1.46 bits per heavy atom. The summed E-state index contributed by atoms with van der Waals surface area (Å²) < 4.78 is 5.16. The first-order valence-corrected chi connectivity index (χ1v) is 9.26. The smallest absolute Gasteiger partial charge is 0.271 e. The molecule has 0 saturated carbocycles. The second-order valence-corrected chi connectivity index (χ2v) is 6.62. The number of aromatic amines is 1. The molecule has 0 aliphatic carbocycles. The summed E-state index contributed by atoms with van der Waals surface area (Å²) in [5, 5.41) is 3.30. The lowest BCUT2D eigenvalue weighted by atomic mass is 10.0. The molecule has 1 amide bonds. The van der Waals surface area contributed by atoms with Crippen LogP contribution in [0.3, 0.4) is 0 Å². The molecule has 4 N–H and O–H groups in total. The van der Waals surface area contributed by atoms with Gasteiger partial charge in [0.05, 0.1) is 7.11 Å². The van der Waals surface area contributed by atoms with Crippen LogP contribution in [-0.2, 0) is 4.79 Å². The quantitative estimate of drug-likeness (QED) is 0.649. The number of anilines is 1. The highest BCUT2D eigenvalue weighted by atomic mass is 16.5. The van der Waals surface area contributed by atoms with Gasteiger partial charge in [-0.2, -0.15) is 0 Å². The molecule has 2 aromatic heterocycles. The number of H-pyrrole nitrogens is 1. The number of nitrogens with one attached hydrogen (secondary N) is 2. The van der Waals surface area contributed by atoms with Gasteiger partial charge in [0, 0.05) is 55.8 Å². The van der Waals surface area contributed by atoms with Crippen molar-refractivity contribution in [3.8, 4) is 17.0 Å². The maximum Gasteiger partial charge on any atom is 0.271 e. The van der Waals surface area contributed by atoms with E-state index in [9.17, 15) is 9.59 Å². The lowest BCUT2D eigenvalue weighted by Gasteiger charge is -2.33. The van der Waals surface area contributed by atoms with Crippen molar-refractivity contribution < 1.29 is 9.53 Å². The number of carbonyl (C=O) groups is 1. The number of pyridine rings is 2. The first kappa shape index (κ1) is 19.6. The molecule has 1 unspecified atom stereocenters. The van der Waals surface area contributed by atoms with Gasteiger partial charge in [-0.25, -0.2) is 4.98 Å². The zero-order valence-corrected chi connectivity index (χ0v) is 15.9. The monoisotopic (exact) mass is 383 g/mol. The van der Waals surface area contributed by atoms with Gasteiger partial charge in [-0.3, -0.25) is 9.59 Å². The van der Waals surface area contributed by atoms with E-state index in [1.807, 2.05) is 18.2 Å². The van der Waals surface area contributed by atoms with E-state index in [1.165, 1.54) is 6.08 Å². The number of methoxy groups -OCH3 is 1. The summed E-state index contributed by atoms with van der Waals surface area (Å²) in [6, 6.07) is 5.47. The third kappa shape index (κ3) is 4.77. The Labute approximate surface area is 163 Å². The van der Waals surface area contributed by atoms with Crippen LogP contribution in [0, 0.1) is 0 Å². The minimum atomic E-state index is -0.198. The first-order chi connectivity index (χ1) is 13.6. The Kier molecular flexibility index (Phi) is 6.44. The number of piperidine rings is 1. The Morgan fingerprint density at radius 2 is 2.32 bits per heavy atom. The number of rotatable bonds is 6. The molecule has 1 fully saturated rings. The average Bonchev–Trinajstić information content (AvgIpc) is 2.73. The topological polar surface area (TPSA) is 113 Å². The van der Waals surface area contributed by atoms with Crippen LogP contribution in [0.15, 0.2) is 47.5 Å². The van der Waals surface area contributed by atoms with Gasteiger partial charge in [0.2, 0.25) is 11.8 Å². The summed E-state index contributed by atoms with van der Waals surface area (Å²) >= 11 is 0. The van der Waals surface area contributed by atoms with Gasteiger partial charge in [0.15, 0.2) is 0 Å². The zero-order chi connectivity index (χ0) is 19.9. The molecule has 3 heterocycles. The summed E-state index contributed by atoms with van der Waals surface area (Å²) in [5.41, 5.74) is 7.42. The summed E-state index contributed by atoms with van der Waals surface area (Å²) in [4.78, 5) is 33.1. The third-order valence-electron chi connectivity index (χ3n) is 4.67. The lowest BCUT2D eigenvalue weighted by Crippen LogP contribution is -2.45. The summed E-state index contributed by atoms with van der Waals surface area (Å²) in [7, 11) is 1.56. The van der Waals surface area contributed by atoms with E-state index in [4.69, 9.17) is 10.5 Å². The van der Waals surface area contributed by atoms with Gasteiger partial charge < -0.3 is 25.7 Å². The standard InChI is InChI=1S/C20H25N5O3/c1-28-18-11-14(6-8-22-18)15-10-17(20(27)23-12-15)24-16-4-3-9-25(13-16)19(26)5-2-7-21/h2,5-6,8,10-12,16,24H,3-4,7,9,13,21H2,1H3,(H,23,27)/b5-2+. The highest BCUT2D eigenvalue weighted by molar-refractivity contribution is 5.87. The van der Waals surface area contributed by atoms with Crippen LogP contribution in [0.5, 0.6) is 5.88 Å². The second kappa shape index (κ2) is 9.18. The predicted octanol–water partition coefficient (Wildman–Crippen LogP) is 1.36. The number of likely N-dealkylation sites (tertiary alicyclic amines) is 1. The number of nitrogens with two attached hydrogens (primary N) is 1. The Hall–Kier alpha value is -3.13. The van der Waals surface area contributed by atoms with Crippen LogP contribution < -0.4 is 21.3 Å². The van der Waals surface area contributed by atoms with Crippen molar-refractivity contribution in [3.05, 3.63) is 53.1 Å². The minimum absolute atomic E-state index is 0.00676. The molecule has 0 bridgehead atoms. The molecule has 3 rings (SSSR count). The Bertz CT molecular complexity index is 909. The molecule has 1 aliphatic rings. The number of nitrogens with zero attached hydrogens (tertiary/aromatic N) is 2. The molecule has 8 heteroatoms. The molecule has 28 heavy (non-hydrogen) atoms. The molecule has 8 nitrogen and oxygen atoms in total. The molecular weight excluding hydrogens is 358 g/mol. The van der Waals surface area contributed by atoms with Gasteiger partial charge in [-0.05, 0) is 30.5 Å². The van der Waals surface area contributed by atoms with E-state index >= 15 is 0 Å². The fraction of sp³-hybridized carbons (Fsp3) is 0.350. The third-order valence-corrected chi connectivity index (χ3v) is 4.67. The second-order valence-electron chi connectivity index (χ2n) is 6.62. The van der Waals surface area contributed by atoms with Gasteiger partial charge in [0.1, 0.15) is 5.69 Å². The summed E-state index contributed by atoms with van der Waals surface area (Å²) in [6.45, 7) is 1.59. The highest BCUT2D eigenvalue weighted by Crippen LogP contribution is 2.23. The van der Waals surface area contributed by atoms with Gasteiger partial charge in [0.25, 0.3) is 5.56 Å². The maximum absolute atomic E-state index is 12.3. The largest absolute Gasteiger partial charge is 0.481 e. The number of carbonyl (C=O) groups excluding carboxylic acids is 1. The summed E-state index contributed by atoms with van der Waals surface area (Å²) in [6.07, 6.45) is 8.24. The van der Waals surface area contributed by atoms with Gasteiger partial charge >= 0.3 is 0 Å². The van der Waals surface area contributed by atoms with E-state index < -0.39 is 0 Å². The molecule has 1 atom stereocenters. The summed E-state index contributed by atoms with van der Waals surface area (Å²) in [5.74, 6) is 0.452. The van der Waals surface area contributed by atoms with Gasteiger partial charge in [-0.1, -0.05) is 6.08 Å². The van der Waals surface area contributed by atoms with Crippen LogP contribution in [-0.4, -0.2) is 53.6 Å². The number of aromatic nitrogens is 2. The fourth-order valence-electron chi connectivity index (χ4n) is 3.25. The molecule has 2 aromatic rings. The molecule has 1 saturated heterocycles. The number of amides is 1. The van der Waals surface area contributed by atoms with E-state index in [2.05, 4.69) is 15.3 Å². The van der Waals surface area contributed by atoms with Crippen LogP contribution in [0.1, 0.15) is 12.8 Å². The first-order valence-electron chi connectivity index (χ1n) is 9.26. The van der Waals surface area contributed by atoms with Crippen molar-refractivity contribution in [3.63, 3.8) is 0 Å². The molecule has 148 valence electrons. The van der Waals surface area contributed by atoms with E-state index in [-0.39, 0.29) is 17.5 Å². The number of hydrogen-bond acceptors (Lipinski definition) is 6. The molecule has 0 radical (unpaired) electrons. The van der Waals surface area contributed by atoms with Crippen LogP contribution >= 0.6 is 0 Å². The van der Waals surface area contributed by atoms with E-state index in [0.29, 0.717) is 31.2 Å². The van der Waals surface area contributed by atoms with Crippen molar-refractivity contribution >= 4 is 11.6 Å². The molecule has 0 aromatic carbocycles. The molecule has 0 spiro atoms. The fourth-order valence-corrected chi connectivity index (χ4v) is 3.25. The normalized spacial score (nSPS) is 16.9. The van der Waals surface area contributed by atoms with Gasteiger partial charge in [-0.15, -0.1) is 0 Å². The Balaban J connectivity index is 1.75. The maximum atomic E-state index is 12.3. The van der Waals surface area contributed by atoms with Crippen molar-refractivity contribution in [2.75, 3.05) is 32.1 Å². The van der Waals surface area contributed by atoms with Crippen LogP contribution in [0.25, 0.3) is 11.1 Å². The van der Waals surface area contributed by atoms with Crippen molar-refractivity contribution in [2.45, 2.75) is 18.9 Å². The van der Waals surface area contributed by atoms with Crippen molar-refractivity contribution in [1.82, 2.24) is 14.9 Å². The van der Waals surface area contributed by atoms with Crippen molar-refractivity contribution in [1.29, 1.82) is 0 Å². The molecular formula is C20H25N5O3. The number of hydrogen-bond donors (Lipinski definition) is 3. The minimum Gasteiger partial charge on any atom is -0.481 e. The van der Waals surface area contributed by atoms with E-state index in [0.717, 1.165) is 24.0 Å².